The van der Waals surface area contributed by atoms with Crippen LogP contribution in [0, 0.1) is 12.3 Å². The minimum Gasteiger partial charge on any atom is -0.481 e. The van der Waals surface area contributed by atoms with Gasteiger partial charge >= 0.3 is 12.0 Å². The molecule has 0 heterocycles. The number of carboxylic acid groups (broad SMARTS) is 1. The SMILES string of the molecule is CCN(C(=O)NCC1(C(=O)O)CC1)c1ccc(C)cc1. The summed E-state index contributed by atoms with van der Waals surface area (Å²) < 4.78 is 0. The molecule has 2 rings (SSSR count). The maximum atomic E-state index is 12.2. The highest BCUT2D eigenvalue weighted by atomic mass is 16.4. The van der Waals surface area contributed by atoms with Gasteiger partial charge in [-0.15, -0.1) is 0 Å². The smallest absolute Gasteiger partial charge is 0.321 e. The van der Waals surface area contributed by atoms with Crippen molar-refractivity contribution >= 4 is 17.7 Å². The first-order chi connectivity index (χ1) is 9.48. The first-order valence-electron chi connectivity index (χ1n) is 6.84. The summed E-state index contributed by atoms with van der Waals surface area (Å²) in [6.07, 6.45) is 1.28. The number of anilines is 1. The molecule has 0 radical (unpaired) electrons. The lowest BCUT2D eigenvalue weighted by Crippen LogP contribution is -2.43. The van der Waals surface area contributed by atoms with E-state index in [1.807, 2.05) is 38.1 Å². The molecule has 1 saturated carbocycles. The van der Waals surface area contributed by atoms with Crippen LogP contribution in [0.15, 0.2) is 24.3 Å². The van der Waals surface area contributed by atoms with Gasteiger partial charge in [0.1, 0.15) is 0 Å². The van der Waals surface area contributed by atoms with Gasteiger partial charge in [0.2, 0.25) is 0 Å². The second-order valence-electron chi connectivity index (χ2n) is 5.32. The van der Waals surface area contributed by atoms with Gasteiger partial charge in [-0.2, -0.15) is 0 Å². The summed E-state index contributed by atoms with van der Waals surface area (Å²) in [6.45, 7) is 4.62. The summed E-state index contributed by atoms with van der Waals surface area (Å²) >= 11 is 0. The van der Waals surface area contributed by atoms with Crippen molar-refractivity contribution in [3.63, 3.8) is 0 Å². The Morgan fingerprint density at radius 2 is 1.90 bits per heavy atom. The maximum Gasteiger partial charge on any atom is 0.321 e. The highest BCUT2D eigenvalue weighted by Gasteiger charge is 2.50. The summed E-state index contributed by atoms with van der Waals surface area (Å²) in [6, 6.07) is 7.43. The molecule has 0 spiro atoms. The van der Waals surface area contributed by atoms with E-state index in [2.05, 4.69) is 5.32 Å². The van der Waals surface area contributed by atoms with E-state index >= 15 is 0 Å². The monoisotopic (exact) mass is 276 g/mol. The number of benzene rings is 1. The fourth-order valence-corrected chi connectivity index (χ4v) is 2.13. The molecule has 0 aliphatic heterocycles. The summed E-state index contributed by atoms with van der Waals surface area (Å²) in [5, 5.41) is 11.8. The molecule has 20 heavy (non-hydrogen) atoms. The molecule has 1 fully saturated rings. The van der Waals surface area contributed by atoms with Gasteiger partial charge in [-0.05, 0) is 38.8 Å². The fraction of sp³-hybridized carbons (Fsp3) is 0.467. The second kappa shape index (κ2) is 5.53. The number of carboxylic acids is 1. The van der Waals surface area contributed by atoms with E-state index in [-0.39, 0.29) is 12.6 Å². The number of carbonyl (C=O) groups excluding carboxylic acids is 1. The van der Waals surface area contributed by atoms with Crippen LogP contribution in [0.4, 0.5) is 10.5 Å². The third-order valence-electron chi connectivity index (χ3n) is 3.79. The first-order valence-corrected chi connectivity index (χ1v) is 6.84. The molecule has 1 aliphatic rings. The Bertz CT molecular complexity index is 506. The number of carbonyl (C=O) groups is 2. The number of amides is 2. The quantitative estimate of drug-likeness (QED) is 0.867. The Balaban J connectivity index is 1.99. The van der Waals surface area contributed by atoms with Crippen LogP contribution in [0.3, 0.4) is 0 Å². The molecule has 1 aromatic rings. The van der Waals surface area contributed by atoms with E-state index in [9.17, 15) is 9.59 Å². The molecule has 2 N–H and O–H groups in total. The van der Waals surface area contributed by atoms with Crippen molar-refractivity contribution in [1.29, 1.82) is 0 Å². The number of nitrogens with one attached hydrogen (secondary N) is 1. The van der Waals surface area contributed by atoms with Crippen molar-refractivity contribution in [3.8, 4) is 0 Å². The third-order valence-corrected chi connectivity index (χ3v) is 3.79. The summed E-state index contributed by atoms with van der Waals surface area (Å²) in [4.78, 5) is 24.9. The van der Waals surface area contributed by atoms with E-state index in [1.165, 1.54) is 0 Å². The lowest BCUT2D eigenvalue weighted by molar-refractivity contribution is -0.143. The van der Waals surface area contributed by atoms with Gasteiger partial charge in [-0.1, -0.05) is 17.7 Å². The second-order valence-corrected chi connectivity index (χ2v) is 5.32. The van der Waals surface area contributed by atoms with Crippen LogP contribution in [0.25, 0.3) is 0 Å². The van der Waals surface area contributed by atoms with Gasteiger partial charge in [0.05, 0.1) is 5.41 Å². The lowest BCUT2D eigenvalue weighted by Gasteiger charge is -2.22. The average molecular weight is 276 g/mol. The average Bonchev–Trinajstić information content (AvgIpc) is 3.21. The number of urea groups is 1. The van der Waals surface area contributed by atoms with Gasteiger partial charge in [0, 0.05) is 18.8 Å². The number of aliphatic carboxylic acids is 1. The standard InChI is InChI=1S/C15H20N2O3/c1-3-17(12-6-4-11(2)5-7-12)14(20)16-10-15(8-9-15)13(18)19/h4-7H,3,8-10H2,1-2H3,(H,16,20)(H,18,19). The molecular weight excluding hydrogens is 256 g/mol. The van der Waals surface area contributed by atoms with Crippen LogP contribution in [0.5, 0.6) is 0 Å². The molecule has 1 aromatic carbocycles. The first kappa shape index (κ1) is 14.4. The van der Waals surface area contributed by atoms with E-state index in [0.29, 0.717) is 19.4 Å². The summed E-state index contributed by atoms with van der Waals surface area (Å²) in [5.74, 6) is -0.823. The molecular formula is C15H20N2O3. The third kappa shape index (κ3) is 2.92. The van der Waals surface area contributed by atoms with Crippen LogP contribution in [0.1, 0.15) is 25.3 Å². The molecule has 2 amide bonds. The van der Waals surface area contributed by atoms with Crippen molar-refractivity contribution in [3.05, 3.63) is 29.8 Å². The van der Waals surface area contributed by atoms with E-state index < -0.39 is 11.4 Å². The molecule has 0 unspecified atom stereocenters. The Kier molecular flexibility index (Phi) is 3.97. The molecule has 0 atom stereocenters. The zero-order chi connectivity index (χ0) is 14.8. The van der Waals surface area contributed by atoms with Crippen LogP contribution in [-0.4, -0.2) is 30.2 Å². The van der Waals surface area contributed by atoms with Crippen molar-refractivity contribution in [2.45, 2.75) is 26.7 Å². The predicted molar refractivity (Wildman–Crippen MR) is 76.9 cm³/mol. The Morgan fingerprint density at radius 1 is 1.30 bits per heavy atom. The van der Waals surface area contributed by atoms with Crippen molar-refractivity contribution in [1.82, 2.24) is 5.32 Å². The van der Waals surface area contributed by atoms with Crippen LogP contribution in [0.2, 0.25) is 0 Å². The fourth-order valence-electron chi connectivity index (χ4n) is 2.13. The molecule has 1 aliphatic carbocycles. The zero-order valence-electron chi connectivity index (χ0n) is 11.8. The van der Waals surface area contributed by atoms with Gasteiger partial charge in [-0.3, -0.25) is 9.69 Å². The minimum absolute atomic E-state index is 0.198. The summed E-state index contributed by atoms with van der Waals surface area (Å²) in [5.41, 5.74) is 1.21. The number of rotatable bonds is 5. The highest BCUT2D eigenvalue weighted by Crippen LogP contribution is 2.45. The maximum absolute atomic E-state index is 12.2. The number of hydrogen-bond acceptors (Lipinski definition) is 2. The largest absolute Gasteiger partial charge is 0.481 e. The number of aryl methyl sites for hydroxylation is 1. The lowest BCUT2D eigenvalue weighted by atomic mass is 10.1. The van der Waals surface area contributed by atoms with Gasteiger partial charge in [-0.25, -0.2) is 4.79 Å². The normalized spacial score (nSPS) is 15.5. The molecule has 108 valence electrons. The van der Waals surface area contributed by atoms with E-state index in [1.54, 1.807) is 4.90 Å². The molecule has 0 aromatic heterocycles. The van der Waals surface area contributed by atoms with Crippen molar-refractivity contribution in [2.24, 2.45) is 5.41 Å². The van der Waals surface area contributed by atoms with Gasteiger partial charge in [0.15, 0.2) is 0 Å². The molecule has 0 bridgehead atoms. The molecule has 5 heteroatoms. The predicted octanol–water partition coefficient (Wildman–Crippen LogP) is 2.40. The Hall–Kier alpha value is -2.04. The topological polar surface area (TPSA) is 69.6 Å². The van der Waals surface area contributed by atoms with Crippen molar-refractivity contribution < 1.29 is 14.7 Å². The number of hydrogen-bond donors (Lipinski definition) is 2. The van der Waals surface area contributed by atoms with E-state index in [0.717, 1.165) is 11.3 Å². The van der Waals surface area contributed by atoms with Crippen LogP contribution < -0.4 is 10.2 Å². The molecule has 5 nitrogen and oxygen atoms in total. The molecule has 0 saturated heterocycles. The summed E-state index contributed by atoms with van der Waals surface area (Å²) in [7, 11) is 0. The van der Waals surface area contributed by atoms with Crippen LogP contribution in [-0.2, 0) is 4.79 Å². The number of nitrogens with zero attached hydrogens (tertiary/aromatic N) is 1. The Labute approximate surface area is 118 Å². The van der Waals surface area contributed by atoms with Crippen molar-refractivity contribution in [2.75, 3.05) is 18.0 Å². The Morgan fingerprint density at radius 3 is 2.35 bits per heavy atom. The van der Waals surface area contributed by atoms with Gasteiger partial charge in [0.25, 0.3) is 0 Å². The minimum atomic E-state index is -0.823. The zero-order valence-corrected chi connectivity index (χ0v) is 11.8. The van der Waals surface area contributed by atoms with Gasteiger partial charge < -0.3 is 10.4 Å². The van der Waals surface area contributed by atoms with Crippen LogP contribution >= 0.6 is 0 Å². The van der Waals surface area contributed by atoms with E-state index in [4.69, 9.17) is 5.11 Å². The highest BCUT2D eigenvalue weighted by molar-refractivity contribution is 5.92.